The fraction of sp³-hybridized carbons (Fsp3) is 0.875. The van der Waals surface area contributed by atoms with Crippen molar-refractivity contribution in [2.45, 2.75) is 51.7 Å². The first-order valence-electron chi connectivity index (χ1n) is 8.33. The van der Waals surface area contributed by atoms with Crippen LogP contribution >= 0.6 is 0 Å². The Morgan fingerprint density at radius 3 is 2.62 bits per heavy atom. The number of ether oxygens (including phenoxy) is 1. The standard InChI is InChI=1S/C16H26N2O3/c1-3-12(4-2)16(20)17-8-13-14(9-17)21-10-15(19)18(13)7-11-5-6-11/h11-14H,3-10H2,1-2H3/t13-,14+/m1/s1. The first-order valence-corrected chi connectivity index (χ1v) is 8.33. The third kappa shape index (κ3) is 2.93. The average molecular weight is 294 g/mol. The molecule has 0 spiro atoms. The zero-order valence-corrected chi connectivity index (χ0v) is 13.1. The van der Waals surface area contributed by atoms with Gasteiger partial charge in [-0.05, 0) is 31.6 Å². The van der Waals surface area contributed by atoms with Gasteiger partial charge in [0.25, 0.3) is 0 Å². The van der Waals surface area contributed by atoms with E-state index >= 15 is 0 Å². The van der Waals surface area contributed by atoms with Gasteiger partial charge in [-0.1, -0.05) is 13.8 Å². The maximum absolute atomic E-state index is 12.5. The molecular formula is C16H26N2O3. The van der Waals surface area contributed by atoms with E-state index in [1.165, 1.54) is 12.8 Å². The minimum absolute atomic E-state index is 0.0137. The van der Waals surface area contributed by atoms with Crippen LogP contribution in [0.2, 0.25) is 0 Å². The Labute approximate surface area is 126 Å². The van der Waals surface area contributed by atoms with Gasteiger partial charge >= 0.3 is 0 Å². The van der Waals surface area contributed by atoms with Crippen molar-refractivity contribution in [3.8, 4) is 0 Å². The van der Waals surface area contributed by atoms with Crippen molar-refractivity contribution in [3.63, 3.8) is 0 Å². The van der Waals surface area contributed by atoms with E-state index in [0.717, 1.165) is 19.4 Å². The van der Waals surface area contributed by atoms with Crippen LogP contribution in [-0.4, -0.2) is 60.0 Å². The molecule has 5 nitrogen and oxygen atoms in total. The largest absolute Gasteiger partial charge is 0.364 e. The molecule has 0 N–H and O–H groups in total. The van der Waals surface area contributed by atoms with Gasteiger partial charge < -0.3 is 14.5 Å². The predicted octanol–water partition coefficient (Wildman–Crippen LogP) is 1.27. The topological polar surface area (TPSA) is 49.9 Å². The lowest BCUT2D eigenvalue weighted by Crippen LogP contribution is -2.54. The SMILES string of the molecule is CCC(CC)C(=O)N1C[C@@H]2OCC(=O)N(CC3CC3)[C@@H]2C1. The number of rotatable bonds is 5. The van der Waals surface area contributed by atoms with Crippen LogP contribution in [0.15, 0.2) is 0 Å². The summed E-state index contributed by atoms with van der Waals surface area (Å²) >= 11 is 0. The van der Waals surface area contributed by atoms with Gasteiger partial charge in [0.05, 0.1) is 12.1 Å². The molecule has 0 unspecified atom stereocenters. The van der Waals surface area contributed by atoms with Crippen molar-refractivity contribution in [2.24, 2.45) is 11.8 Å². The smallest absolute Gasteiger partial charge is 0.248 e. The first-order chi connectivity index (χ1) is 10.1. The monoisotopic (exact) mass is 294 g/mol. The van der Waals surface area contributed by atoms with Crippen LogP contribution in [0, 0.1) is 11.8 Å². The molecular weight excluding hydrogens is 268 g/mol. The van der Waals surface area contributed by atoms with E-state index in [1.807, 2.05) is 9.80 Å². The zero-order valence-electron chi connectivity index (χ0n) is 13.1. The Bertz CT molecular complexity index is 418. The highest BCUT2D eigenvalue weighted by molar-refractivity contribution is 5.81. The number of fused-ring (bicyclic) bond motifs is 1. The Morgan fingerprint density at radius 2 is 2.00 bits per heavy atom. The van der Waals surface area contributed by atoms with Gasteiger partial charge in [-0.25, -0.2) is 0 Å². The quantitative estimate of drug-likeness (QED) is 0.767. The fourth-order valence-corrected chi connectivity index (χ4v) is 3.56. The summed E-state index contributed by atoms with van der Waals surface area (Å²) in [6.45, 7) is 6.47. The van der Waals surface area contributed by atoms with E-state index in [-0.39, 0.29) is 36.5 Å². The molecule has 0 aromatic carbocycles. The zero-order chi connectivity index (χ0) is 15.0. The van der Waals surface area contributed by atoms with Crippen molar-refractivity contribution in [1.82, 2.24) is 9.80 Å². The minimum Gasteiger partial charge on any atom is -0.364 e. The number of carbonyl (C=O) groups excluding carboxylic acids is 2. The van der Waals surface area contributed by atoms with Crippen LogP contribution in [-0.2, 0) is 14.3 Å². The summed E-state index contributed by atoms with van der Waals surface area (Å²) in [4.78, 5) is 28.6. The number of morpholine rings is 1. The lowest BCUT2D eigenvalue weighted by Gasteiger charge is -2.36. The number of hydrogen-bond donors (Lipinski definition) is 0. The van der Waals surface area contributed by atoms with Crippen molar-refractivity contribution >= 4 is 11.8 Å². The molecule has 0 bridgehead atoms. The second-order valence-electron chi connectivity index (χ2n) is 6.66. The summed E-state index contributed by atoms with van der Waals surface area (Å²) in [5.41, 5.74) is 0. The minimum atomic E-state index is 0.0137. The summed E-state index contributed by atoms with van der Waals surface area (Å²) in [6, 6.07) is 0.0742. The summed E-state index contributed by atoms with van der Waals surface area (Å²) in [6.07, 6.45) is 4.25. The molecule has 3 aliphatic rings. The van der Waals surface area contributed by atoms with Crippen molar-refractivity contribution < 1.29 is 14.3 Å². The van der Waals surface area contributed by atoms with E-state index in [9.17, 15) is 9.59 Å². The molecule has 3 rings (SSSR count). The average Bonchev–Trinajstić information content (AvgIpc) is 3.19. The highest BCUT2D eigenvalue weighted by Gasteiger charge is 2.46. The molecule has 3 fully saturated rings. The molecule has 118 valence electrons. The van der Waals surface area contributed by atoms with Gasteiger partial charge in [-0.2, -0.15) is 0 Å². The Morgan fingerprint density at radius 1 is 1.29 bits per heavy atom. The molecule has 2 amide bonds. The highest BCUT2D eigenvalue weighted by atomic mass is 16.5. The van der Waals surface area contributed by atoms with Crippen LogP contribution in [0.4, 0.5) is 0 Å². The number of amides is 2. The molecule has 2 aliphatic heterocycles. The summed E-state index contributed by atoms with van der Waals surface area (Å²) in [5.74, 6) is 1.12. The van der Waals surface area contributed by atoms with Crippen LogP contribution in [0.25, 0.3) is 0 Å². The fourth-order valence-electron chi connectivity index (χ4n) is 3.56. The van der Waals surface area contributed by atoms with E-state index in [0.29, 0.717) is 19.0 Å². The maximum atomic E-state index is 12.5. The summed E-state index contributed by atoms with van der Waals surface area (Å²) < 4.78 is 5.69. The third-order valence-electron chi connectivity index (χ3n) is 5.18. The van der Waals surface area contributed by atoms with Gasteiger partial charge in [-0.15, -0.1) is 0 Å². The first kappa shape index (κ1) is 14.8. The molecule has 21 heavy (non-hydrogen) atoms. The van der Waals surface area contributed by atoms with Crippen molar-refractivity contribution in [2.75, 3.05) is 26.2 Å². The van der Waals surface area contributed by atoms with Gasteiger partial charge in [0.15, 0.2) is 0 Å². The van der Waals surface area contributed by atoms with Crippen LogP contribution < -0.4 is 0 Å². The molecule has 1 aliphatic carbocycles. The van der Waals surface area contributed by atoms with Gasteiger partial charge in [-0.3, -0.25) is 9.59 Å². The molecule has 0 aromatic rings. The van der Waals surface area contributed by atoms with Gasteiger partial charge in [0, 0.05) is 25.6 Å². The van der Waals surface area contributed by atoms with E-state index in [2.05, 4.69) is 13.8 Å². The number of carbonyl (C=O) groups is 2. The molecule has 0 radical (unpaired) electrons. The molecule has 0 aromatic heterocycles. The molecule has 5 heteroatoms. The molecule has 2 heterocycles. The molecule has 2 atom stereocenters. The van der Waals surface area contributed by atoms with Crippen LogP contribution in [0.5, 0.6) is 0 Å². The second kappa shape index (κ2) is 5.95. The van der Waals surface area contributed by atoms with Gasteiger partial charge in [0.2, 0.25) is 11.8 Å². The van der Waals surface area contributed by atoms with Crippen molar-refractivity contribution in [1.29, 1.82) is 0 Å². The second-order valence-corrected chi connectivity index (χ2v) is 6.66. The maximum Gasteiger partial charge on any atom is 0.248 e. The Balaban J connectivity index is 1.67. The van der Waals surface area contributed by atoms with Crippen molar-refractivity contribution in [3.05, 3.63) is 0 Å². The molecule has 2 saturated heterocycles. The predicted molar refractivity (Wildman–Crippen MR) is 78.6 cm³/mol. The van der Waals surface area contributed by atoms with Crippen LogP contribution in [0.1, 0.15) is 39.5 Å². The van der Waals surface area contributed by atoms with Gasteiger partial charge in [0.1, 0.15) is 6.61 Å². The van der Waals surface area contributed by atoms with E-state index in [1.54, 1.807) is 0 Å². The molecule has 1 saturated carbocycles. The highest BCUT2D eigenvalue weighted by Crippen LogP contribution is 2.33. The normalized spacial score (nSPS) is 29.2. The van der Waals surface area contributed by atoms with E-state index < -0.39 is 0 Å². The Hall–Kier alpha value is -1.10. The number of nitrogens with zero attached hydrogens (tertiary/aromatic N) is 2. The number of likely N-dealkylation sites (tertiary alicyclic amines) is 1. The number of hydrogen-bond acceptors (Lipinski definition) is 3. The third-order valence-corrected chi connectivity index (χ3v) is 5.18. The summed E-state index contributed by atoms with van der Waals surface area (Å²) in [5, 5.41) is 0. The summed E-state index contributed by atoms with van der Waals surface area (Å²) in [7, 11) is 0. The van der Waals surface area contributed by atoms with E-state index in [4.69, 9.17) is 4.74 Å². The lowest BCUT2D eigenvalue weighted by atomic mass is 10.0. The lowest BCUT2D eigenvalue weighted by molar-refractivity contribution is -0.153. The van der Waals surface area contributed by atoms with Crippen LogP contribution in [0.3, 0.4) is 0 Å². The Kier molecular flexibility index (Phi) is 4.20.